The van der Waals surface area contributed by atoms with Crippen molar-refractivity contribution in [3.8, 4) is 0 Å². The van der Waals surface area contributed by atoms with Gasteiger partial charge in [-0.2, -0.15) is 5.10 Å². The molecular weight excluding hydrogens is 279 g/mol. The van der Waals surface area contributed by atoms with Gasteiger partial charge in [0.2, 0.25) is 0 Å². The first-order chi connectivity index (χ1) is 6.15. The zero-order valence-corrected chi connectivity index (χ0v) is 10.4. The highest BCUT2D eigenvalue weighted by Crippen LogP contribution is 2.12. The minimum absolute atomic E-state index is 0.325. The normalized spacial score (nSPS) is 13.2. The van der Waals surface area contributed by atoms with Crippen LogP contribution in [0.3, 0.4) is 0 Å². The Morgan fingerprint density at radius 3 is 2.85 bits per heavy atom. The van der Waals surface area contributed by atoms with E-state index in [1.165, 1.54) is 3.57 Å². The summed E-state index contributed by atoms with van der Waals surface area (Å²) in [5.74, 6) is 0. The number of ether oxygens (including phenoxy) is 1. The summed E-state index contributed by atoms with van der Waals surface area (Å²) >= 11 is 2.28. The van der Waals surface area contributed by atoms with E-state index < -0.39 is 0 Å². The average molecular weight is 294 g/mol. The van der Waals surface area contributed by atoms with E-state index in [0.29, 0.717) is 12.7 Å². The molecule has 4 heteroatoms. The van der Waals surface area contributed by atoms with Crippen molar-refractivity contribution in [3.63, 3.8) is 0 Å². The third-order valence-electron chi connectivity index (χ3n) is 2.09. The summed E-state index contributed by atoms with van der Waals surface area (Å²) in [7, 11) is 1.94. The summed E-state index contributed by atoms with van der Waals surface area (Å²) in [6.07, 6.45) is 3.23. The van der Waals surface area contributed by atoms with Gasteiger partial charge in [-0.3, -0.25) is 4.68 Å². The molecule has 74 valence electrons. The van der Waals surface area contributed by atoms with Gasteiger partial charge in [0.05, 0.1) is 28.2 Å². The van der Waals surface area contributed by atoms with Crippen LogP contribution in [0, 0.1) is 3.57 Å². The molecule has 1 aromatic heterocycles. The Labute approximate surface area is 92.6 Å². The summed E-state index contributed by atoms with van der Waals surface area (Å²) in [6, 6.07) is 0. The molecule has 1 atom stereocenters. The molecule has 0 bridgehead atoms. The van der Waals surface area contributed by atoms with E-state index in [4.69, 9.17) is 4.74 Å². The van der Waals surface area contributed by atoms with Crippen molar-refractivity contribution in [3.05, 3.63) is 15.5 Å². The quantitative estimate of drug-likeness (QED) is 0.797. The SMILES string of the molecule is CCC(C)OCc1c(I)cnn1C. The second-order valence-corrected chi connectivity index (χ2v) is 4.25. The van der Waals surface area contributed by atoms with Gasteiger partial charge in [-0.1, -0.05) is 6.92 Å². The lowest BCUT2D eigenvalue weighted by atomic mass is 10.3. The van der Waals surface area contributed by atoms with E-state index in [1.54, 1.807) is 0 Å². The van der Waals surface area contributed by atoms with Crippen LogP contribution in [0.25, 0.3) is 0 Å². The summed E-state index contributed by atoms with van der Waals surface area (Å²) in [5, 5.41) is 4.15. The molecule has 0 amide bonds. The molecule has 0 aliphatic rings. The third-order valence-corrected chi connectivity index (χ3v) is 2.99. The smallest absolute Gasteiger partial charge is 0.0899 e. The van der Waals surface area contributed by atoms with Gasteiger partial charge >= 0.3 is 0 Å². The monoisotopic (exact) mass is 294 g/mol. The molecule has 1 heterocycles. The maximum atomic E-state index is 5.63. The minimum atomic E-state index is 0.325. The van der Waals surface area contributed by atoms with E-state index in [1.807, 2.05) is 17.9 Å². The van der Waals surface area contributed by atoms with E-state index >= 15 is 0 Å². The first kappa shape index (κ1) is 11.0. The Kier molecular flexibility index (Phi) is 4.18. The molecule has 3 nitrogen and oxygen atoms in total. The average Bonchev–Trinajstić information content (AvgIpc) is 2.43. The lowest BCUT2D eigenvalue weighted by Crippen LogP contribution is -2.09. The van der Waals surface area contributed by atoms with Crippen LogP contribution in [0.2, 0.25) is 0 Å². The van der Waals surface area contributed by atoms with Gasteiger partial charge in [0.1, 0.15) is 0 Å². The fraction of sp³-hybridized carbons (Fsp3) is 0.667. The number of aryl methyl sites for hydroxylation is 1. The second-order valence-electron chi connectivity index (χ2n) is 3.09. The van der Waals surface area contributed by atoms with Crippen molar-refractivity contribution in [1.82, 2.24) is 9.78 Å². The van der Waals surface area contributed by atoms with Crippen LogP contribution in [0.15, 0.2) is 6.20 Å². The molecule has 0 saturated heterocycles. The van der Waals surface area contributed by atoms with Gasteiger partial charge in [-0.15, -0.1) is 0 Å². The molecular formula is C9H15IN2O. The van der Waals surface area contributed by atoms with Crippen molar-refractivity contribution >= 4 is 22.6 Å². The molecule has 0 saturated carbocycles. The first-order valence-electron chi connectivity index (χ1n) is 4.43. The highest BCUT2D eigenvalue weighted by Gasteiger charge is 2.07. The topological polar surface area (TPSA) is 27.1 Å². The Morgan fingerprint density at radius 2 is 2.38 bits per heavy atom. The second kappa shape index (κ2) is 4.95. The molecule has 1 rings (SSSR count). The van der Waals surface area contributed by atoms with Gasteiger partial charge in [-0.25, -0.2) is 0 Å². The van der Waals surface area contributed by atoms with Crippen LogP contribution < -0.4 is 0 Å². The third kappa shape index (κ3) is 2.95. The fourth-order valence-corrected chi connectivity index (χ4v) is 1.57. The number of rotatable bonds is 4. The molecule has 0 N–H and O–H groups in total. The van der Waals surface area contributed by atoms with Gasteiger partial charge in [0.15, 0.2) is 0 Å². The van der Waals surface area contributed by atoms with Crippen LogP contribution >= 0.6 is 22.6 Å². The van der Waals surface area contributed by atoms with Crippen LogP contribution in [0.1, 0.15) is 26.0 Å². The zero-order valence-electron chi connectivity index (χ0n) is 8.25. The van der Waals surface area contributed by atoms with Gasteiger partial charge in [0, 0.05) is 7.05 Å². The molecule has 13 heavy (non-hydrogen) atoms. The zero-order chi connectivity index (χ0) is 9.84. The molecule has 0 fully saturated rings. The van der Waals surface area contributed by atoms with Crippen LogP contribution in [-0.2, 0) is 18.4 Å². The molecule has 0 aliphatic carbocycles. The Balaban J connectivity index is 2.53. The summed E-state index contributed by atoms with van der Waals surface area (Å²) < 4.78 is 8.67. The van der Waals surface area contributed by atoms with Crippen molar-refractivity contribution in [1.29, 1.82) is 0 Å². The summed E-state index contributed by atoms with van der Waals surface area (Å²) in [4.78, 5) is 0. The molecule has 0 aliphatic heterocycles. The number of hydrogen-bond donors (Lipinski definition) is 0. The van der Waals surface area contributed by atoms with Crippen molar-refractivity contribution < 1.29 is 4.74 Å². The van der Waals surface area contributed by atoms with E-state index in [0.717, 1.165) is 12.1 Å². The number of hydrogen-bond acceptors (Lipinski definition) is 2. The summed E-state index contributed by atoms with van der Waals surface area (Å²) in [6.45, 7) is 4.87. The lowest BCUT2D eigenvalue weighted by molar-refractivity contribution is 0.0468. The van der Waals surface area contributed by atoms with E-state index in [-0.39, 0.29) is 0 Å². The predicted molar refractivity (Wildman–Crippen MR) is 60.5 cm³/mol. The predicted octanol–water partition coefficient (Wildman–Crippen LogP) is 2.34. The maximum absolute atomic E-state index is 5.63. The van der Waals surface area contributed by atoms with Gasteiger partial charge in [-0.05, 0) is 35.9 Å². The first-order valence-corrected chi connectivity index (χ1v) is 5.51. The van der Waals surface area contributed by atoms with Gasteiger partial charge < -0.3 is 4.74 Å². The van der Waals surface area contributed by atoms with Crippen LogP contribution in [0.4, 0.5) is 0 Å². The number of nitrogens with zero attached hydrogens (tertiary/aromatic N) is 2. The Bertz CT molecular complexity index is 253. The molecule has 0 aromatic carbocycles. The van der Waals surface area contributed by atoms with Crippen molar-refractivity contribution in [2.45, 2.75) is 33.0 Å². The Hall–Kier alpha value is -0.100. The number of aromatic nitrogens is 2. The standard InChI is InChI=1S/C9H15IN2O/c1-4-7(2)13-6-9-8(10)5-11-12(9)3/h5,7H,4,6H2,1-3H3. The minimum Gasteiger partial charge on any atom is -0.372 e. The van der Waals surface area contributed by atoms with E-state index in [9.17, 15) is 0 Å². The lowest BCUT2D eigenvalue weighted by Gasteiger charge is -2.10. The highest BCUT2D eigenvalue weighted by molar-refractivity contribution is 14.1. The van der Waals surface area contributed by atoms with Crippen molar-refractivity contribution in [2.75, 3.05) is 0 Å². The molecule has 1 aromatic rings. The molecule has 1 unspecified atom stereocenters. The maximum Gasteiger partial charge on any atom is 0.0899 e. The molecule has 0 radical (unpaired) electrons. The fourth-order valence-electron chi connectivity index (χ4n) is 0.937. The molecule has 0 spiro atoms. The number of halogens is 1. The van der Waals surface area contributed by atoms with Crippen molar-refractivity contribution in [2.24, 2.45) is 7.05 Å². The highest BCUT2D eigenvalue weighted by atomic mass is 127. The largest absolute Gasteiger partial charge is 0.372 e. The Morgan fingerprint density at radius 1 is 1.69 bits per heavy atom. The van der Waals surface area contributed by atoms with Gasteiger partial charge in [0.25, 0.3) is 0 Å². The van der Waals surface area contributed by atoms with E-state index in [2.05, 4.69) is 41.5 Å². The van der Waals surface area contributed by atoms with Crippen LogP contribution in [0.5, 0.6) is 0 Å². The summed E-state index contributed by atoms with van der Waals surface area (Å²) in [5.41, 5.74) is 1.15. The van der Waals surface area contributed by atoms with Crippen LogP contribution in [-0.4, -0.2) is 15.9 Å².